The van der Waals surface area contributed by atoms with Crippen LogP contribution in [0.1, 0.15) is 19.4 Å². The summed E-state index contributed by atoms with van der Waals surface area (Å²) in [4.78, 5) is 8.10. The quantitative estimate of drug-likeness (QED) is 0.542. The predicted octanol–water partition coefficient (Wildman–Crippen LogP) is 0.842. The molecular formula is C13H21N5. The lowest BCUT2D eigenvalue weighted by atomic mass is 9.97. The van der Waals surface area contributed by atoms with Crippen molar-refractivity contribution in [2.75, 3.05) is 0 Å². The monoisotopic (exact) mass is 247 g/mol. The van der Waals surface area contributed by atoms with E-state index in [9.17, 15) is 0 Å². The van der Waals surface area contributed by atoms with Crippen LogP contribution in [0, 0.1) is 5.92 Å². The summed E-state index contributed by atoms with van der Waals surface area (Å²) in [6.07, 6.45) is 0.819. The molecule has 1 atom stereocenters. The topological polar surface area (TPSA) is 103 Å². The normalized spacial score (nSPS) is 13.4. The summed E-state index contributed by atoms with van der Waals surface area (Å²) in [5, 5.41) is 0. The summed E-state index contributed by atoms with van der Waals surface area (Å²) in [5.74, 6) is 0.418. The van der Waals surface area contributed by atoms with Crippen LogP contribution in [-0.2, 0) is 6.42 Å². The Morgan fingerprint density at radius 3 is 2.22 bits per heavy atom. The molecule has 1 aromatic carbocycles. The van der Waals surface area contributed by atoms with Gasteiger partial charge in [0.25, 0.3) is 0 Å². The number of benzene rings is 1. The van der Waals surface area contributed by atoms with Gasteiger partial charge in [-0.15, -0.1) is 0 Å². The Labute approximate surface area is 108 Å². The van der Waals surface area contributed by atoms with Crippen LogP contribution in [-0.4, -0.2) is 18.0 Å². The van der Waals surface area contributed by atoms with Gasteiger partial charge in [0.2, 0.25) is 5.96 Å². The molecule has 0 saturated heterocycles. The largest absolute Gasteiger partial charge is 0.370 e. The van der Waals surface area contributed by atoms with Crippen LogP contribution in [0.4, 0.5) is 0 Å². The highest BCUT2D eigenvalue weighted by molar-refractivity contribution is 5.92. The van der Waals surface area contributed by atoms with Gasteiger partial charge >= 0.3 is 0 Å². The van der Waals surface area contributed by atoms with E-state index >= 15 is 0 Å². The summed E-state index contributed by atoms with van der Waals surface area (Å²) in [6, 6.07) is 10.2. The fourth-order valence-corrected chi connectivity index (χ4v) is 1.62. The summed E-state index contributed by atoms with van der Waals surface area (Å²) < 4.78 is 0. The molecular weight excluding hydrogens is 226 g/mol. The first-order valence-corrected chi connectivity index (χ1v) is 5.96. The number of aliphatic imine (C=N–C) groups is 2. The molecule has 0 aromatic heterocycles. The van der Waals surface area contributed by atoms with Gasteiger partial charge in [-0.25, -0.2) is 4.99 Å². The third kappa shape index (κ3) is 4.86. The smallest absolute Gasteiger partial charge is 0.218 e. The highest BCUT2D eigenvalue weighted by Crippen LogP contribution is 2.13. The van der Waals surface area contributed by atoms with Crippen LogP contribution in [0.3, 0.4) is 0 Å². The second kappa shape index (κ2) is 6.64. The molecule has 0 saturated carbocycles. The number of rotatable bonds is 4. The SMILES string of the molecule is CC(C)C(Cc1ccccc1)N=C(N)N=C(N)N. The van der Waals surface area contributed by atoms with Crippen LogP contribution >= 0.6 is 0 Å². The van der Waals surface area contributed by atoms with Crippen LogP contribution in [0.2, 0.25) is 0 Å². The molecule has 1 rings (SSSR count). The molecule has 0 spiro atoms. The minimum absolute atomic E-state index is 0.0653. The Hall–Kier alpha value is -2.04. The Morgan fingerprint density at radius 1 is 1.11 bits per heavy atom. The van der Waals surface area contributed by atoms with Crippen molar-refractivity contribution in [1.82, 2.24) is 0 Å². The van der Waals surface area contributed by atoms with Gasteiger partial charge in [-0.05, 0) is 17.9 Å². The lowest BCUT2D eigenvalue weighted by Gasteiger charge is -2.16. The zero-order valence-electron chi connectivity index (χ0n) is 10.9. The Kier molecular flexibility index (Phi) is 5.17. The van der Waals surface area contributed by atoms with Crippen LogP contribution in [0.15, 0.2) is 40.3 Å². The van der Waals surface area contributed by atoms with Gasteiger partial charge in [-0.3, -0.25) is 0 Å². The molecule has 98 valence electrons. The molecule has 0 aliphatic heterocycles. The first kappa shape index (κ1) is 14.0. The minimum atomic E-state index is -0.0709. The molecule has 5 nitrogen and oxygen atoms in total. The molecule has 0 heterocycles. The summed E-state index contributed by atoms with van der Waals surface area (Å²) in [7, 11) is 0. The Morgan fingerprint density at radius 2 is 1.72 bits per heavy atom. The van der Waals surface area contributed by atoms with Gasteiger partial charge < -0.3 is 17.2 Å². The first-order valence-electron chi connectivity index (χ1n) is 5.96. The highest BCUT2D eigenvalue weighted by Gasteiger charge is 2.13. The van der Waals surface area contributed by atoms with Gasteiger partial charge in [0.15, 0.2) is 5.96 Å². The molecule has 0 amide bonds. The van der Waals surface area contributed by atoms with Gasteiger partial charge in [-0.1, -0.05) is 44.2 Å². The molecule has 6 N–H and O–H groups in total. The third-order valence-electron chi connectivity index (χ3n) is 2.60. The van der Waals surface area contributed by atoms with Crippen molar-refractivity contribution in [2.45, 2.75) is 26.3 Å². The van der Waals surface area contributed by atoms with Crippen molar-refractivity contribution in [3.63, 3.8) is 0 Å². The van der Waals surface area contributed by atoms with Gasteiger partial charge in [0.05, 0.1) is 6.04 Å². The fraction of sp³-hybridized carbons (Fsp3) is 0.385. The highest BCUT2D eigenvalue weighted by atomic mass is 15.1. The second-order valence-corrected chi connectivity index (χ2v) is 4.53. The van der Waals surface area contributed by atoms with Crippen molar-refractivity contribution in [1.29, 1.82) is 0 Å². The predicted molar refractivity (Wildman–Crippen MR) is 76.2 cm³/mol. The van der Waals surface area contributed by atoms with Crippen molar-refractivity contribution in [2.24, 2.45) is 33.1 Å². The van der Waals surface area contributed by atoms with E-state index in [-0.39, 0.29) is 18.0 Å². The van der Waals surface area contributed by atoms with E-state index in [0.717, 1.165) is 6.42 Å². The fourth-order valence-electron chi connectivity index (χ4n) is 1.62. The molecule has 1 aromatic rings. The van der Waals surface area contributed by atoms with E-state index in [1.165, 1.54) is 5.56 Å². The molecule has 0 aliphatic rings. The average molecular weight is 247 g/mol. The van der Waals surface area contributed by atoms with Crippen molar-refractivity contribution in [3.8, 4) is 0 Å². The van der Waals surface area contributed by atoms with Gasteiger partial charge in [-0.2, -0.15) is 4.99 Å². The van der Waals surface area contributed by atoms with Crippen molar-refractivity contribution >= 4 is 11.9 Å². The number of nitrogens with two attached hydrogens (primary N) is 3. The van der Waals surface area contributed by atoms with Crippen molar-refractivity contribution < 1.29 is 0 Å². The molecule has 0 fully saturated rings. The van der Waals surface area contributed by atoms with Gasteiger partial charge in [0.1, 0.15) is 0 Å². The number of nitrogens with zero attached hydrogens (tertiary/aromatic N) is 2. The van der Waals surface area contributed by atoms with E-state index in [0.29, 0.717) is 5.92 Å². The molecule has 18 heavy (non-hydrogen) atoms. The number of guanidine groups is 2. The Bertz CT molecular complexity index is 418. The van der Waals surface area contributed by atoms with E-state index in [1.54, 1.807) is 0 Å². The molecule has 0 radical (unpaired) electrons. The first-order chi connectivity index (χ1) is 8.49. The zero-order valence-corrected chi connectivity index (χ0v) is 10.9. The van der Waals surface area contributed by atoms with Crippen LogP contribution in [0.25, 0.3) is 0 Å². The maximum Gasteiger partial charge on any atom is 0.218 e. The van der Waals surface area contributed by atoms with E-state index in [4.69, 9.17) is 17.2 Å². The van der Waals surface area contributed by atoms with E-state index in [2.05, 4.69) is 36.0 Å². The Balaban J connectivity index is 2.81. The van der Waals surface area contributed by atoms with Crippen LogP contribution in [0.5, 0.6) is 0 Å². The third-order valence-corrected chi connectivity index (χ3v) is 2.60. The van der Waals surface area contributed by atoms with Gasteiger partial charge in [0, 0.05) is 0 Å². The average Bonchev–Trinajstić information content (AvgIpc) is 2.28. The minimum Gasteiger partial charge on any atom is -0.370 e. The van der Waals surface area contributed by atoms with Crippen LogP contribution < -0.4 is 17.2 Å². The zero-order chi connectivity index (χ0) is 13.5. The van der Waals surface area contributed by atoms with Crippen molar-refractivity contribution in [3.05, 3.63) is 35.9 Å². The summed E-state index contributed by atoms with van der Waals surface area (Å²) >= 11 is 0. The molecule has 5 heteroatoms. The van der Waals surface area contributed by atoms with E-state index < -0.39 is 0 Å². The summed E-state index contributed by atoms with van der Waals surface area (Å²) in [6.45, 7) is 4.19. The van der Waals surface area contributed by atoms with E-state index in [1.807, 2.05) is 18.2 Å². The second-order valence-electron chi connectivity index (χ2n) is 4.53. The number of hydrogen-bond acceptors (Lipinski definition) is 1. The lowest BCUT2D eigenvalue weighted by molar-refractivity contribution is 0.492. The lowest BCUT2D eigenvalue weighted by Crippen LogP contribution is -2.28. The maximum absolute atomic E-state index is 5.67. The maximum atomic E-state index is 5.67. The standard InChI is InChI=1S/C13H21N5/c1-9(2)11(17-13(16)18-12(14)15)8-10-6-4-3-5-7-10/h3-7,9,11H,8H2,1-2H3,(H6,14,15,16,17,18). The molecule has 0 bridgehead atoms. The molecule has 0 aliphatic carbocycles. The summed E-state index contributed by atoms with van der Waals surface area (Å²) in [5.41, 5.74) is 17.4. The number of hydrogen-bond donors (Lipinski definition) is 3. The molecule has 1 unspecified atom stereocenters.